The summed E-state index contributed by atoms with van der Waals surface area (Å²) in [5, 5.41) is 19.1. The van der Waals surface area contributed by atoms with Crippen molar-refractivity contribution < 1.29 is 28.2 Å². The van der Waals surface area contributed by atoms with Crippen molar-refractivity contribution in [2.24, 2.45) is 4.99 Å². The monoisotopic (exact) mass is 1180 g/mol. The predicted octanol–water partition coefficient (Wildman–Crippen LogP) is 12.4. The number of pyridine rings is 1. The number of ether oxygens (including phenoxy) is 2. The van der Waals surface area contributed by atoms with Crippen molar-refractivity contribution in [2.45, 2.75) is 129 Å². The van der Waals surface area contributed by atoms with Gasteiger partial charge in [-0.05, 0) is 130 Å². The second-order valence-electron chi connectivity index (χ2n) is 23.4. The summed E-state index contributed by atoms with van der Waals surface area (Å²) < 4.78 is 28.7. The molecular weight excluding hydrogens is 1100 g/mol. The van der Waals surface area contributed by atoms with Crippen molar-refractivity contribution in [1.29, 1.82) is 5.26 Å². The Hall–Kier alpha value is -7.52. The fourth-order valence-electron chi connectivity index (χ4n) is 11.8. The lowest BCUT2D eigenvalue weighted by Gasteiger charge is -2.47. The number of fused-ring (bicyclic) bond motifs is 5. The van der Waals surface area contributed by atoms with E-state index in [1.54, 1.807) is 24.7 Å². The molecule has 0 unspecified atom stereocenters. The Bertz CT molecular complexity index is 3460. The summed E-state index contributed by atoms with van der Waals surface area (Å²) in [7, 11) is 1.63. The summed E-state index contributed by atoms with van der Waals surface area (Å²) in [4.78, 5) is 60.4. The normalized spacial score (nSPS) is 19.1. The van der Waals surface area contributed by atoms with E-state index in [9.17, 15) is 19.2 Å². The maximum Gasteiger partial charge on any atom is 0.326 e. The lowest BCUT2D eigenvalue weighted by Crippen LogP contribution is -2.60. The summed E-state index contributed by atoms with van der Waals surface area (Å²) in [6.07, 6.45) is 6.96. The van der Waals surface area contributed by atoms with Crippen LogP contribution in [0, 0.1) is 17.1 Å². The number of nitrogens with zero attached hydrogens (tertiary/aromatic N) is 9. The van der Waals surface area contributed by atoms with Crippen LogP contribution in [0.15, 0.2) is 102 Å². The zero-order valence-electron chi connectivity index (χ0n) is 49.4. The molecule has 1 saturated heterocycles. The molecule has 442 valence electrons. The fraction of sp³-hybridized carbons (Fsp3) is 0.431. The van der Waals surface area contributed by atoms with Gasteiger partial charge in [-0.1, -0.05) is 100.0 Å². The van der Waals surface area contributed by atoms with Crippen LogP contribution in [0.1, 0.15) is 149 Å². The molecule has 2 aromatic heterocycles. The Labute approximate surface area is 502 Å². The molecule has 0 aliphatic carbocycles. The number of amidine groups is 1. The topological polar surface area (TPSA) is 188 Å². The Morgan fingerprint density at radius 1 is 0.881 bits per heavy atom. The minimum Gasteiger partial charge on any atom is -0.493 e. The third kappa shape index (κ3) is 12.8. The van der Waals surface area contributed by atoms with Gasteiger partial charge in [0.15, 0.2) is 17.3 Å². The van der Waals surface area contributed by atoms with Crippen molar-refractivity contribution in [2.75, 3.05) is 58.7 Å². The molecule has 3 N–H and O–H groups in total. The molecule has 9 rings (SSSR count). The minimum absolute atomic E-state index is 0.0552. The number of piperazine rings is 1. The first kappa shape index (κ1) is 61.1. The highest BCUT2D eigenvalue weighted by Crippen LogP contribution is 2.54. The first-order valence-electron chi connectivity index (χ1n) is 29.1. The molecule has 19 heteroatoms. The number of carbonyl (C=O) groups is 3. The predicted molar refractivity (Wildman–Crippen MR) is 327 cm³/mol. The number of rotatable bonds is 17. The van der Waals surface area contributed by atoms with E-state index in [0.29, 0.717) is 70.1 Å². The van der Waals surface area contributed by atoms with Crippen LogP contribution >= 0.6 is 23.2 Å². The van der Waals surface area contributed by atoms with Gasteiger partial charge in [-0.2, -0.15) is 10.4 Å². The van der Waals surface area contributed by atoms with Gasteiger partial charge in [-0.3, -0.25) is 29.1 Å². The van der Waals surface area contributed by atoms with Crippen molar-refractivity contribution in [3.05, 3.63) is 158 Å². The molecule has 84 heavy (non-hydrogen) atoms. The molecule has 5 heterocycles. The zero-order chi connectivity index (χ0) is 60.1. The number of hydrogen-bond donors (Lipinski definition) is 2. The number of nitrogens with one attached hydrogen (secondary N) is 1. The SMILES string of the molecule is CCOc1cc(C(C)(C)C)ccc1C1=N[C@](C)(c2ccc(Cl)cc2)[C@](C)(c2ccc(Cl)cc2)N1C(=O)N1CCN(CCCCCCCCC(=O)NCCn2nc(C#N)c3c2CN(C)C(=O)c2ccc(F)cc2[C@@H](C)Oc2cc-3cnc2N)CC1. The highest BCUT2D eigenvalue weighted by atomic mass is 35.5. The molecule has 3 aliphatic heterocycles. The standard InChI is InChI=1S/C65H76Cl2FN11O5/c1-9-83-55-37-46(63(3,4)5)21-27-51(55)60-73-64(6,44-17-22-47(66)23-18-44)65(7,45-19-24-48(67)25-20-45)79(60)62(82)77-34-32-76(33-35-77)30-15-13-11-10-12-14-16-57(80)71-29-31-78-54-41-75(8)61(81)50-28-26-49(68)38-52(50)42(2)84-56-36-43(40-72-59(56)70)58(54)53(39-69)74-78/h17-28,36-38,40,42H,9-16,29-35,41H2,1-8H3,(H2,70,72)(H,71,80)/t42-,64-,65+/m1/s1. The number of nitrogens with two attached hydrogens (primary N) is 1. The summed E-state index contributed by atoms with van der Waals surface area (Å²) in [5.41, 5.74) is 10.0. The number of unbranched alkanes of at least 4 members (excludes halogenated alkanes) is 5. The van der Waals surface area contributed by atoms with Gasteiger partial charge in [0, 0.05) is 84.7 Å². The third-order valence-corrected chi connectivity index (χ3v) is 17.3. The first-order valence-corrected chi connectivity index (χ1v) is 29.9. The smallest absolute Gasteiger partial charge is 0.326 e. The largest absolute Gasteiger partial charge is 0.493 e. The molecule has 0 radical (unpaired) electrons. The Kier molecular flexibility index (Phi) is 18.7. The first-order chi connectivity index (χ1) is 40.1. The van der Waals surface area contributed by atoms with Gasteiger partial charge in [-0.25, -0.2) is 14.2 Å². The van der Waals surface area contributed by atoms with Gasteiger partial charge in [0.25, 0.3) is 5.91 Å². The molecular formula is C65H76Cl2FN11O5. The van der Waals surface area contributed by atoms with Gasteiger partial charge in [0.1, 0.15) is 40.7 Å². The average molecular weight is 1180 g/mol. The van der Waals surface area contributed by atoms with Crippen LogP contribution < -0.4 is 20.5 Å². The molecule has 0 saturated carbocycles. The van der Waals surface area contributed by atoms with Crippen LogP contribution in [0.25, 0.3) is 11.1 Å². The number of halogens is 3. The molecule has 16 nitrogen and oxygen atoms in total. The van der Waals surface area contributed by atoms with E-state index >= 15 is 4.79 Å². The average Bonchev–Trinajstić information content (AvgIpc) is 3.25. The van der Waals surface area contributed by atoms with Crippen LogP contribution in [-0.2, 0) is 34.4 Å². The van der Waals surface area contributed by atoms with Crippen molar-refractivity contribution >= 4 is 52.7 Å². The summed E-state index contributed by atoms with van der Waals surface area (Å²) in [6, 6.07) is 29.4. The number of aliphatic imine (C=N–C) groups is 1. The van der Waals surface area contributed by atoms with Crippen molar-refractivity contribution in [3.8, 4) is 28.7 Å². The number of nitrogen functional groups attached to an aromatic ring is 1. The third-order valence-electron chi connectivity index (χ3n) is 16.8. The molecule has 3 aliphatic rings. The summed E-state index contributed by atoms with van der Waals surface area (Å²) >= 11 is 13.0. The summed E-state index contributed by atoms with van der Waals surface area (Å²) in [6.45, 7) is 18.9. The fourth-order valence-corrected chi connectivity index (χ4v) is 12.0. The van der Waals surface area contributed by atoms with E-state index in [-0.39, 0.29) is 65.7 Å². The summed E-state index contributed by atoms with van der Waals surface area (Å²) in [5.74, 6) is 0.554. The molecule has 4 amide bonds. The second kappa shape index (κ2) is 25.8. The number of nitriles is 1. The molecule has 2 bridgehead atoms. The zero-order valence-corrected chi connectivity index (χ0v) is 50.9. The van der Waals surface area contributed by atoms with Crippen LogP contribution in [0.2, 0.25) is 10.0 Å². The Morgan fingerprint density at radius 2 is 1.54 bits per heavy atom. The number of anilines is 1. The van der Waals surface area contributed by atoms with Crippen molar-refractivity contribution in [3.63, 3.8) is 0 Å². The number of urea groups is 1. The van der Waals surface area contributed by atoms with Gasteiger partial charge < -0.3 is 30.3 Å². The van der Waals surface area contributed by atoms with Crippen LogP contribution in [0.3, 0.4) is 0 Å². The van der Waals surface area contributed by atoms with Gasteiger partial charge >= 0.3 is 6.03 Å². The van der Waals surface area contributed by atoms with Crippen LogP contribution in [0.5, 0.6) is 11.5 Å². The molecule has 0 spiro atoms. The lowest BCUT2D eigenvalue weighted by atomic mass is 9.71. The van der Waals surface area contributed by atoms with Crippen molar-refractivity contribution in [1.82, 2.24) is 39.7 Å². The van der Waals surface area contributed by atoms with E-state index < -0.39 is 23.0 Å². The molecule has 6 aromatic rings. The Morgan fingerprint density at radius 3 is 2.20 bits per heavy atom. The quantitative estimate of drug-likeness (QED) is 0.0832. The Balaban J connectivity index is 0.777. The number of benzene rings is 4. The number of amides is 4. The highest BCUT2D eigenvalue weighted by molar-refractivity contribution is 6.30. The second-order valence-corrected chi connectivity index (χ2v) is 24.3. The van der Waals surface area contributed by atoms with E-state index in [0.717, 1.165) is 80.4 Å². The number of hydrogen-bond acceptors (Lipinski definition) is 11. The van der Waals surface area contributed by atoms with E-state index in [4.69, 9.17) is 43.4 Å². The number of aromatic nitrogens is 3. The number of carbonyl (C=O) groups excluding carboxylic acids is 3. The molecule has 4 aromatic carbocycles. The van der Waals surface area contributed by atoms with Gasteiger partial charge in [0.05, 0.1) is 31.0 Å². The van der Waals surface area contributed by atoms with Gasteiger partial charge in [-0.15, -0.1) is 0 Å². The lowest BCUT2D eigenvalue weighted by molar-refractivity contribution is -0.121. The van der Waals surface area contributed by atoms with Gasteiger partial charge in [0.2, 0.25) is 5.91 Å². The van der Waals surface area contributed by atoms with Crippen LogP contribution in [-0.4, -0.2) is 111 Å². The highest BCUT2D eigenvalue weighted by Gasteiger charge is 2.60. The maximum absolute atomic E-state index is 15.6. The van der Waals surface area contributed by atoms with E-state index in [1.807, 2.05) is 65.3 Å². The maximum atomic E-state index is 15.6. The minimum atomic E-state index is -1.02. The van der Waals surface area contributed by atoms with E-state index in [2.05, 4.69) is 79.2 Å². The van der Waals surface area contributed by atoms with E-state index in [1.165, 1.54) is 29.3 Å². The van der Waals surface area contributed by atoms with Crippen LogP contribution in [0.4, 0.5) is 15.0 Å². The molecule has 3 atom stereocenters. The molecule has 1 fully saturated rings.